The molecule has 0 fully saturated rings. The molecule has 1 aromatic carbocycles. The molecule has 0 saturated heterocycles. The van der Waals surface area contributed by atoms with E-state index >= 15 is 0 Å². The number of rotatable bonds is 3. The summed E-state index contributed by atoms with van der Waals surface area (Å²) in [6.45, 7) is 0.465. The van der Waals surface area contributed by atoms with Gasteiger partial charge in [0.2, 0.25) is 4.69 Å². The Morgan fingerprint density at radius 3 is 2.38 bits per heavy atom. The van der Waals surface area contributed by atoms with Crippen molar-refractivity contribution in [3.8, 4) is 0 Å². The summed E-state index contributed by atoms with van der Waals surface area (Å²) in [5.74, 6) is -0.0775. The largest absolute Gasteiger partial charge is 0.510 e. The summed E-state index contributed by atoms with van der Waals surface area (Å²) in [6.07, 6.45) is -1.28. The van der Waals surface area contributed by atoms with Crippen LogP contribution >= 0.6 is 15.9 Å². The number of benzene rings is 1. The lowest BCUT2D eigenvalue weighted by Gasteiger charge is -2.24. The zero-order valence-corrected chi connectivity index (χ0v) is 12.3. The molecular weight excluding hydrogens is 351 g/mol. The van der Waals surface area contributed by atoms with Crippen LogP contribution in [0.15, 0.2) is 47.9 Å². The van der Waals surface area contributed by atoms with Crippen molar-refractivity contribution in [2.24, 2.45) is 0 Å². The summed E-state index contributed by atoms with van der Waals surface area (Å²) in [5, 5.41) is 9.73. The molecule has 0 aromatic heterocycles. The van der Waals surface area contributed by atoms with E-state index in [0.29, 0.717) is 12.1 Å². The quantitative estimate of drug-likeness (QED) is 0.833. The minimum absolute atomic E-state index is 0.0775. The fourth-order valence-corrected chi connectivity index (χ4v) is 2.29. The molecule has 0 spiro atoms. The van der Waals surface area contributed by atoms with E-state index in [1.165, 1.54) is 18.2 Å². The molecule has 112 valence electrons. The number of alkyl halides is 3. The second kappa shape index (κ2) is 5.93. The predicted molar refractivity (Wildman–Crippen MR) is 74.6 cm³/mol. The molecule has 0 saturated carbocycles. The Kier molecular flexibility index (Phi) is 4.41. The lowest BCUT2D eigenvalue weighted by molar-refractivity contribution is -0.137. The van der Waals surface area contributed by atoms with Gasteiger partial charge < -0.3 is 10.0 Å². The second-order valence-corrected chi connectivity index (χ2v) is 5.27. The molecule has 0 bridgehead atoms. The normalized spacial score (nSPS) is 15.5. The van der Waals surface area contributed by atoms with Gasteiger partial charge in [-0.15, -0.1) is 0 Å². The Morgan fingerprint density at radius 2 is 1.90 bits per heavy atom. The van der Waals surface area contributed by atoms with Gasteiger partial charge in [-0.3, -0.25) is 4.79 Å². The maximum atomic E-state index is 12.5. The standard InChI is InChI=1S/C14H11BrF3NO2/c15-13(21)11-5-6-19(8-12(11)20)7-9-1-3-10(4-2-9)14(16,17)18/h1-6,20H,7-8H2. The van der Waals surface area contributed by atoms with Gasteiger partial charge in [-0.05, 0) is 39.7 Å². The fraction of sp³-hybridized carbons (Fsp3) is 0.214. The van der Waals surface area contributed by atoms with E-state index in [4.69, 9.17) is 0 Å². The van der Waals surface area contributed by atoms with Gasteiger partial charge >= 0.3 is 6.18 Å². The van der Waals surface area contributed by atoms with Gasteiger partial charge in [0.15, 0.2) is 0 Å². The Hall–Kier alpha value is -1.76. The van der Waals surface area contributed by atoms with Crippen LogP contribution in [-0.2, 0) is 17.5 Å². The number of hydrogen-bond acceptors (Lipinski definition) is 3. The molecular formula is C14H11BrF3NO2. The Bertz CT molecular complexity index is 606. The maximum absolute atomic E-state index is 12.5. The summed E-state index contributed by atoms with van der Waals surface area (Å²) < 4.78 is 36.9. The zero-order valence-electron chi connectivity index (χ0n) is 10.7. The third-order valence-electron chi connectivity index (χ3n) is 2.99. The van der Waals surface area contributed by atoms with E-state index in [1.807, 2.05) is 0 Å². The molecule has 1 aliphatic heterocycles. The Balaban J connectivity index is 2.05. The number of aliphatic hydroxyl groups is 1. The van der Waals surface area contributed by atoms with Crippen LogP contribution in [0.4, 0.5) is 13.2 Å². The van der Waals surface area contributed by atoms with Crippen molar-refractivity contribution in [3.63, 3.8) is 0 Å². The van der Waals surface area contributed by atoms with Gasteiger partial charge in [0.1, 0.15) is 5.76 Å². The van der Waals surface area contributed by atoms with Gasteiger partial charge in [0.05, 0.1) is 17.7 Å². The molecule has 21 heavy (non-hydrogen) atoms. The maximum Gasteiger partial charge on any atom is 0.416 e. The van der Waals surface area contributed by atoms with E-state index in [0.717, 1.165) is 12.1 Å². The molecule has 2 rings (SSSR count). The van der Waals surface area contributed by atoms with Crippen LogP contribution in [-0.4, -0.2) is 21.2 Å². The molecule has 0 atom stereocenters. The molecule has 1 heterocycles. The highest BCUT2D eigenvalue weighted by molar-refractivity contribution is 9.18. The van der Waals surface area contributed by atoms with Crippen molar-refractivity contribution < 1.29 is 23.1 Å². The first-order valence-electron chi connectivity index (χ1n) is 5.97. The monoisotopic (exact) mass is 361 g/mol. The molecule has 0 aliphatic carbocycles. The van der Waals surface area contributed by atoms with Crippen molar-refractivity contribution in [3.05, 3.63) is 59.0 Å². The van der Waals surface area contributed by atoms with Crippen LogP contribution in [0.1, 0.15) is 11.1 Å². The number of halogens is 4. The lowest BCUT2D eigenvalue weighted by atomic mass is 10.1. The average molecular weight is 362 g/mol. The Labute approximate surface area is 127 Å². The van der Waals surface area contributed by atoms with Crippen LogP contribution in [0.2, 0.25) is 0 Å². The van der Waals surface area contributed by atoms with Crippen LogP contribution < -0.4 is 0 Å². The van der Waals surface area contributed by atoms with Crippen LogP contribution in [0.25, 0.3) is 0 Å². The topological polar surface area (TPSA) is 40.5 Å². The summed E-state index contributed by atoms with van der Waals surface area (Å²) in [6, 6.07) is 4.82. The minimum atomic E-state index is -4.35. The molecule has 1 N–H and O–H groups in total. The van der Waals surface area contributed by atoms with Crippen molar-refractivity contribution in [1.29, 1.82) is 0 Å². The van der Waals surface area contributed by atoms with Gasteiger partial charge in [-0.25, -0.2) is 0 Å². The van der Waals surface area contributed by atoms with E-state index in [-0.39, 0.29) is 17.9 Å². The van der Waals surface area contributed by atoms with Crippen LogP contribution in [0.3, 0.4) is 0 Å². The number of carbonyl (C=O) groups is 1. The molecule has 3 nitrogen and oxygen atoms in total. The van der Waals surface area contributed by atoms with E-state index < -0.39 is 16.4 Å². The fourth-order valence-electron chi connectivity index (χ4n) is 1.93. The second-order valence-electron chi connectivity index (χ2n) is 4.55. The predicted octanol–water partition coefficient (Wildman–Crippen LogP) is 3.77. The molecule has 1 aromatic rings. The third kappa shape index (κ3) is 3.87. The number of carbonyl (C=O) groups excluding carboxylic acids is 1. The number of nitrogens with zero attached hydrogens (tertiary/aromatic N) is 1. The van der Waals surface area contributed by atoms with Gasteiger partial charge in [0, 0.05) is 12.7 Å². The summed E-state index contributed by atoms with van der Waals surface area (Å²) in [5.41, 5.74) is 0.156. The summed E-state index contributed by atoms with van der Waals surface area (Å²) in [4.78, 5) is 12.8. The zero-order chi connectivity index (χ0) is 15.6. The van der Waals surface area contributed by atoms with E-state index in [1.54, 1.807) is 11.1 Å². The van der Waals surface area contributed by atoms with Crippen molar-refractivity contribution >= 4 is 20.6 Å². The molecule has 0 radical (unpaired) electrons. The Morgan fingerprint density at radius 1 is 1.29 bits per heavy atom. The highest BCUT2D eigenvalue weighted by atomic mass is 79.9. The number of aliphatic hydroxyl groups excluding tert-OH is 1. The van der Waals surface area contributed by atoms with Gasteiger partial charge in [-0.2, -0.15) is 13.2 Å². The summed E-state index contributed by atoms with van der Waals surface area (Å²) >= 11 is 2.76. The van der Waals surface area contributed by atoms with E-state index in [9.17, 15) is 23.1 Å². The molecule has 1 aliphatic rings. The van der Waals surface area contributed by atoms with Crippen molar-refractivity contribution in [2.45, 2.75) is 12.7 Å². The van der Waals surface area contributed by atoms with Crippen LogP contribution in [0.5, 0.6) is 0 Å². The van der Waals surface area contributed by atoms with Crippen molar-refractivity contribution in [1.82, 2.24) is 4.90 Å². The average Bonchev–Trinajstić information content (AvgIpc) is 2.38. The third-order valence-corrected chi connectivity index (χ3v) is 3.42. The molecule has 0 amide bonds. The lowest BCUT2D eigenvalue weighted by Crippen LogP contribution is -2.24. The smallest absolute Gasteiger partial charge is 0.416 e. The van der Waals surface area contributed by atoms with Gasteiger partial charge in [-0.1, -0.05) is 12.1 Å². The first-order chi connectivity index (χ1) is 9.77. The highest BCUT2D eigenvalue weighted by Gasteiger charge is 2.30. The van der Waals surface area contributed by atoms with Gasteiger partial charge in [0.25, 0.3) is 0 Å². The first kappa shape index (κ1) is 15.6. The van der Waals surface area contributed by atoms with Crippen LogP contribution in [0, 0.1) is 0 Å². The molecule has 0 unspecified atom stereocenters. The number of allylic oxidation sites excluding steroid dienone is 2. The number of hydrogen-bond donors (Lipinski definition) is 1. The first-order valence-corrected chi connectivity index (χ1v) is 6.77. The SMILES string of the molecule is O=C(Br)C1=C(O)CN(Cc2ccc(C(F)(F)F)cc2)C=C1. The minimum Gasteiger partial charge on any atom is -0.510 e. The molecule has 7 heteroatoms. The van der Waals surface area contributed by atoms with Crippen molar-refractivity contribution in [2.75, 3.05) is 6.54 Å². The summed E-state index contributed by atoms with van der Waals surface area (Å²) in [7, 11) is 0. The van der Waals surface area contributed by atoms with E-state index in [2.05, 4.69) is 15.9 Å². The highest BCUT2D eigenvalue weighted by Crippen LogP contribution is 2.29.